The fraction of sp³-hybridized carbons (Fsp3) is 0.500. The summed E-state index contributed by atoms with van der Waals surface area (Å²) in [6.07, 6.45) is -1.68. The average Bonchev–Trinajstić information content (AvgIpc) is 3.04. The third-order valence-corrected chi connectivity index (χ3v) is 6.42. The summed E-state index contributed by atoms with van der Waals surface area (Å²) in [7, 11) is 0. The Morgan fingerprint density at radius 2 is 0.900 bits per heavy atom. The van der Waals surface area contributed by atoms with E-state index in [1.807, 2.05) is 0 Å². The Balaban J connectivity index is 2.21. The van der Waals surface area contributed by atoms with Gasteiger partial charge in [0.1, 0.15) is 36.5 Å². The fourth-order valence-electron chi connectivity index (χ4n) is 4.28. The summed E-state index contributed by atoms with van der Waals surface area (Å²) in [5.74, 6) is -2.61. The standard InChI is InChI=1S/C36H50N4O10/c1-35(2,3)49-27(41)19-13-21-37-31(43)29(39-33(45)47-23-25-15-9-7-10-16-25)30(40-34(46)48-24-26-17-11-8-12-18-26)32(44)38-22-14-20-28(42)50-36(4,5)6/h7-12,15-18,29-30H,13-14,19-24H2,1-6H3,(H,37,43)(H,38,44)(H,39,45)(H,40,46)/t29-,30-/m0/s1. The number of esters is 2. The molecular weight excluding hydrogens is 648 g/mol. The van der Waals surface area contributed by atoms with Gasteiger partial charge in [-0.15, -0.1) is 0 Å². The lowest BCUT2D eigenvalue weighted by molar-refractivity contribution is -0.156. The van der Waals surface area contributed by atoms with Crippen molar-refractivity contribution in [3.05, 3.63) is 71.8 Å². The van der Waals surface area contributed by atoms with Gasteiger partial charge in [0.2, 0.25) is 11.8 Å². The Morgan fingerprint density at radius 1 is 0.560 bits per heavy atom. The fourth-order valence-corrected chi connectivity index (χ4v) is 4.28. The molecule has 0 saturated carbocycles. The van der Waals surface area contributed by atoms with Crippen LogP contribution in [0.3, 0.4) is 0 Å². The van der Waals surface area contributed by atoms with Crippen LogP contribution in [-0.2, 0) is 51.3 Å². The molecule has 0 aliphatic heterocycles. The summed E-state index contributed by atoms with van der Waals surface area (Å²) in [5.41, 5.74) is -0.00613. The first kappa shape index (κ1) is 41.0. The summed E-state index contributed by atoms with van der Waals surface area (Å²) in [4.78, 5) is 77.3. The second-order valence-corrected chi connectivity index (χ2v) is 13.3. The topological polar surface area (TPSA) is 187 Å². The molecule has 2 rings (SSSR count). The van der Waals surface area contributed by atoms with Crippen LogP contribution in [0.1, 0.15) is 78.4 Å². The first-order valence-electron chi connectivity index (χ1n) is 16.5. The lowest BCUT2D eigenvalue weighted by atomic mass is 10.1. The lowest BCUT2D eigenvalue weighted by Gasteiger charge is -2.27. The van der Waals surface area contributed by atoms with Gasteiger partial charge in [-0.1, -0.05) is 60.7 Å². The molecule has 0 aromatic heterocycles. The van der Waals surface area contributed by atoms with Crippen LogP contribution in [-0.4, -0.2) is 72.3 Å². The molecule has 0 heterocycles. The van der Waals surface area contributed by atoms with E-state index in [0.29, 0.717) is 11.1 Å². The molecule has 0 unspecified atom stereocenters. The SMILES string of the molecule is CC(C)(C)OC(=O)CCCNC(=O)[C@@H](NC(=O)OCc1ccccc1)[C@H](NC(=O)OCc1ccccc1)C(=O)NCCCC(=O)OC(C)(C)C. The molecule has 0 saturated heterocycles. The minimum absolute atomic E-state index is 0.000384. The maximum Gasteiger partial charge on any atom is 0.408 e. The van der Waals surface area contributed by atoms with Crippen molar-refractivity contribution < 1.29 is 47.7 Å². The highest BCUT2D eigenvalue weighted by molar-refractivity contribution is 5.96. The highest BCUT2D eigenvalue weighted by atomic mass is 16.6. The monoisotopic (exact) mass is 698 g/mol. The van der Waals surface area contributed by atoms with Crippen molar-refractivity contribution in [1.29, 1.82) is 0 Å². The van der Waals surface area contributed by atoms with Gasteiger partial charge >= 0.3 is 24.1 Å². The van der Waals surface area contributed by atoms with E-state index in [9.17, 15) is 28.8 Å². The number of carbonyl (C=O) groups excluding carboxylic acids is 6. The van der Waals surface area contributed by atoms with Gasteiger partial charge in [-0.25, -0.2) is 9.59 Å². The number of nitrogens with one attached hydrogen (secondary N) is 4. The van der Waals surface area contributed by atoms with Crippen molar-refractivity contribution >= 4 is 35.9 Å². The predicted octanol–water partition coefficient (Wildman–Crippen LogP) is 4.05. The third kappa shape index (κ3) is 17.9. The second kappa shape index (κ2) is 20.4. The maximum atomic E-state index is 13.6. The molecule has 0 radical (unpaired) electrons. The first-order valence-corrected chi connectivity index (χ1v) is 16.5. The highest BCUT2D eigenvalue weighted by Crippen LogP contribution is 2.11. The Bertz CT molecular complexity index is 1300. The molecule has 2 aromatic rings. The Kier molecular flexibility index (Phi) is 16.7. The number of rotatable bonds is 17. The summed E-state index contributed by atoms with van der Waals surface area (Å²) >= 11 is 0. The number of alkyl carbamates (subject to hydrolysis) is 2. The maximum absolute atomic E-state index is 13.6. The van der Waals surface area contributed by atoms with Crippen LogP contribution in [0.2, 0.25) is 0 Å². The number of carbonyl (C=O) groups is 6. The quantitative estimate of drug-likeness (QED) is 0.107. The molecular formula is C36H50N4O10. The molecule has 4 N–H and O–H groups in total. The summed E-state index contributed by atoms with van der Waals surface area (Å²) in [5, 5.41) is 9.98. The average molecular weight is 699 g/mol. The van der Waals surface area contributed by atoms with Gasteiger partial charge in [0.25, 0.3) is 0 Å². The van der Waals surface area contributed by atoms with Crippen molar-refractivity contribution in [1.82, 2.24) is 21.3 Å². The Morgan fingerprint density at radius 3 is 1.22 bits per heavy atom. The molecule has 14 heteroatoms. The van der Waals surface area contributed by atoms with Crippen LogP contribution in [0.25, 0.3) is 0 Å². The van der Waals surface area contributed by atoms with Crippen LogP contribution in [0.15, 0.2) is 60.7 Å². The second-order valence-electron chi connectivity index (χ2n) is 13.3. The van der Waals surface area contributed by atoms with Crippen LogP contribution in [0.4, 0.5) is 9.59 Å². The molecule has 0 fully saturated rings. The number of benzene rings is 2. The van der Waals surface area contributed by atoms with Crippen LogP contribution in [0, 0.1) is 0 Å². The van der Waals surface area contributed by atoms with Gasteiger partial charge < -0.3 is 40.2 Å². The minimum atomic E-state index is -1.69. The van der Waals surface area contributed by atoms with Crippen molar-refractivity contribution in [3.63, 3.8) is 0 Å². The van der Waals surface area contributed by atoms with Gasteiger partial charge in [0.05, 0.1) is 0 Å². The van der Waals surface area contributed by atoms with Gasteiger partial charge in [-0.05, 0) is 65.5 Å². The molecule has 0 aliphatic carbocycles. The third-order valence-electron chi connectivity index (χ3n) is 6.42. The van der Waals surface area contributed by atoms with Gasteiger partial charge in [-0.3, -0.25) is 19.2 Å². The molecule has 50 heavy (non-hydrogen) atoms. The molecule has 0 bridgehead atoms. The molecule has 4 amide bonds. The van der Waals surface area contributed by atoms with Crippen LogP contribution in [0.5, 0.6) is 0 Å². The van der Waals surface area contributed by atoms with E-state index in [4.69, 9.17) is 18.9 Å². The van der Waals surface area contributed by atoms with Crippen LogP contribution >= 0.6 is 0 Å². The summed E-state index contributed by atoms with van der Waals surface area (Å²) < 4.78 is 21.2. The Labute approximate surface area is 293 Å². The predicted molar refractivity (Wildman–Crippen MR) is 183 cm³/mol. The van der Waals surface area contributed by atoms with Gasteiger partial charge in [0, 0.05) is 25.9 Å². The number of ether oxygens (including phenoxy) is 4. The van der Waals surface area contributed by atoms with Gasteiger partial charge in [-0.2, -0.15) is 0 Å². The van der Waals surface area contributed by atoms with E-state index in [1.54, 1.807) is 102 Å². The largest absolute Gasteiger partial charge is 0.460 e. The van der Waals surface area contributed by atoms with Crippen molar-refractivity contribution in [3.8, 4) is 0 Å². The molecule has 274 valence electrons. The zero-order valence-electron chi connectivity index (χ0n) is 29.7. The highest BCUT2D eigenvalue weighted by Gasteiger charge is 2.37. The zero-order chi connectivity index (χ0) is 37.2. The number of amides is 4. The smallest absolute Gasteiger partial charge is 0.408 e. The summed E-state index contributed by atoms with van der Waals surface area (Å²) in [6.45, 7) is 10.1. The van der Waals surface area contributed by atoms with E-state index in [1.165, 1.54) is 0 Å². The Hall–Kier alpha value is -5.14. The van der Waals surface area contributed by atoms with E-state index < -0.39 is 59.2 Å². The van der Waals surface area contributed by atoms with E-state index in [2.05, 4.69) is 21.3 Å². The van der Waals surface area contributed by atoms with Crippen LogP contribution < -0.4 is 21.3 Å². The normalized spacial score (nSPS) is 12.4. The molecule has 2 atom stereocenters. The first-order chi connectivity index (χ1) is 23.5. The summed E-state index contributed by atoms with van der Waals surface area (Å²) in [6, 6.07) is 14.2. The van der Waals surface area contributed by atoms with Crippen molar-refractivity contribution in [2.45, 2.75) is 104 Å². The zero-order valence-corrected chi connectivity index (χ0v) is 29.7. The van der Waals surface area contributed by atoms with Gasteiger partial charge in [0.15, 0.2) is 0 Å². The van der Waals surface area contributed by atoms with E-state index >= 15 is 0 Å². The van der Waals surface area contributed by atoms with Crippen molar-refractivity contribution in [2.24, 2.45) is 0 Å². The molecule has 0 aliphatic rings. The number of hydrogen-bond donors (Lipinski definition) is 4. The van der Waals surface area contributed by atoms with E-state index in [0.717, 1.165) is 0 Å². The number of hydrogen-bond acceptors (Lipinski definition) is 10. The molecule has 14 nitrogen and oxygen atoms in total. The molecule has 0 spiro atoms. The minimum Gasteiger partial charge on any atom is -0.460 e. The molecule has 2 aromatic carbocycles. The van der Waals surface area contributed by atoms with Crippen molar-refractivity contribution in [2.75, 3.05) is 13.1 Å². The van der Waals surface area contributed by atoms with E-state index in [-0.39, 0.29) is 52.0 Å². The lowest BCUT2D eigenvalue weighted by Crippen LogP contribution is -2.63.